The Kier molecular flexibility index (Phi) is 6.62. The van der Waals surface area contributed by atoms with E-state index in [1.54, 1.807) is 12.1 Å². The molecule has 0 saturated heterocycles. The molecule has 0 saturated carbocycles. The minimum Gasteiger partial charge on any atom is -0.361 e. The van der Waals surface area contributed by atoms with Gasteiger partial charge in [0.25, 0.3) is 0 Å². The minimum absolute atomic E-state index is 0.224. The largest absolute Gasteiger partial charge is 0.361 e. The Morgan fingerprint density at radius 1 is 1.29 bits per heavy atom. The fraction of sp³-hybridized carbons (Fsp3) is 0.450. The van der Waals surface area contributed by atoms with Crippen LogP contribution in [0.25, 0.3) is 10.9 Å². The summed E-state index contributed by atoms with van der Waals surface area (Å²) in [7, 11) is 0. The molecule has 0 amide bonds. The molecule has 0 spiro atoms. The predicted molar refractivity (Wildman–Crippen MR) is 108 cm³/mol. The lowest BCUT2D eigenvalue weighted by molar-refractivity contribution is 0.372. The maximum atomic E-state index is 13.5. The van der Waals surface area contributed by atoms with Gasteiger partial charge in [0.05, 0.1) is 6.54 Å². The van der Waals surface area contributed by atoms with E-state index in [0.29, 0.717) is 25.4 Å². The molecular formula is C20H27FN6O. The number of rotatable bonds is 8. The number of benzene rings is 1. The van der Waals surface area contributed by atoms with Gasteiger partial charge in [0, 0.05) is 42.5 Å². The fourth-order valence-electron chi connectivity index (χ4n) is 2.88. The van der Waals surface area contributed by atoms with Crippen LogP contribution >= 0.6 is 0 Å². The second kappa shape index (κ2) is 9.34. The first kappa shape index (κ1) is 19.9. The number of hydrogen-bond donors (Lipinski definition) is 3. The van der Waals surface area contributed by atoms with Gasteiger partial charge in [-0.05, 0) is 37.1 Å². The normalized spacial score (nSPS) is 12.1. The SMILES string of the molecule is CCNC(=NCCc1nc(C(C)C)no1)NCCc1c[nH]c2ccc(F)cc12. The maximum Gasteiger partial charge on any atom is 0.228 e. The van der Waals surface area contributed by atoms with E-state index in [4.69, 9.17) is 4.52 Å². The number of guanidine groups is 1. The first-order valence-corrected chi connectivity index (χ1v) is 9.67. The molecule has 7 nitrogen and oxygen atoms in total. The van der Waals surface area contributed by atoms with Gasteiger partial charge >= 0.3 is 0 Å². The molecule has 0 aliphatic carbocycles. The average molecular weight is 386 g/mol. The molecule has 3 aromatic rings. The van der Waals surface area contributed by atoms with Crippen molar-refractivity contribution >= 4 is 16.9 Å². The van der Waals surface area contributed by atoms with Crippen LogP contribution in [0.3, 0.4) is 0 Å². The lowest BCUT2D eigenvalue weighted by Gasteiger charge is -2.10. The highest BCUT2D eigenvalue weighted by molar-refractivity contribution is 5.83. The zero-order valence-electron chi connectivity index (χ0n) is 16.6. The van der Waals surface area contributed by atoms with Crippen molar-refractivity contribution in [3.8, 4) is 0 Å². The summed E-state index contributed by atoms with van der Waals surface area (Å²) in [6.07, 6.45) is 3.28. The van der Waals surface area contributed by atoms with Gasteiger partial charge in [-0.3, -0.25) is 4.99 Å². The summed E-state index contributed by atoms with van der Waals surface area (Å²) in [5, 5.41) is 11.4. The van der Waals surface area contributed by atoms with Crippen LogP contribution in [0.5, 0.6) is 0 Å². The minimum atomic E-state index is -0.224. The van der Waals surface area contributed by atoms with E-state index in [9.17, 15) is 4.39 Å². The zero-order valence-corrected chi connectivity index (χ0v) is 16.6. The third-order valence-corrected chi connectivity index (χ3v) is 4.36. The number of aromatic amines is 1. The number of aromatic nitrogens is 3. The van der Waals surface area contributed by atoms with Crippen LogP contribution < -0.4 is 10.6 Å². The number of hydrogen-bond acceptors (Lipinski definition) is 4. The summed E-state index contributed by atoms with van der Waals surface area (Å²) in [5.74, 6) is 2.08. The Bertz CT molecular complexity index is 930. The average Bonchev–Trinajstić information content (AvgIpc) is 3.29. The Balaban J connectivity index is 1.53. The first-order chi connectivity index (χ1) is 13.6. The van der Waals surface area contributed by atoms with E-state index in [2.05, 4.69) is 30.8 Å². The van der Waals surface area contributed by atoms with E-state index in [0.717, 1.165) is 41.2 Å². The van der Waals surface area contributed by atoms with Crippen molar-refractivity contribution in [1.82, 2.24) is 25.8 Å². The summed E-state index contributed by atoms with van der Waals surface area (Å²) in [4.78, 5) is 12.1. The van der Waals surface area contributed by atoms with Crippen molar-refractivity contribution < 1.29 is 8.91 Å². The quantitative estimate of drug-likeness (QED) is 0.409. The third kappa shape index (κ3) is 5.09. The molecule has 0 unspecified atom stereocenters. The molecule has 2 heterocycles. The van der Waals surface area contributed by atoms with Gasteiger partial charge in [-0.1, -0.05) is 19.0 Å². The Hall–Kier alpha value is -2.90. The highest BCUT2D eigenvalue weighted by Gasteiger charge is 2.09. The predicted octanol–water partition coefficient (Wildman–Crippen LogP) is 3.15. The summed E-state index contributed by atoms with van der Waals surface area (Å²) >= 11 is 0. The summed E-state index contributed by atoms with van der Waals surface area (Å²) in [5.41, 5.74) is 2.02. The summed E-state index contributed by atoms with van der Waals surface area (Å²) < 4.78 is 18.7. The number of nitrogens with one attached hydrogen (secondary N) is 3. The number of nitrogens with zero attached hydrogens (tertiary/aromatic N) is 3. The molecular weight excluding hydrogens is 359 g/mol. The third-order valence-electron chi connectivity index (χ3n) is 4.36. The van der Waals surface area contributed by atoms with Gasteiger partial charge < -0.3 is 20.1 Å². The van der Waals surface area contributed by atoms with Gasteiger partial charge in [0.1, 0.15) is 5.82 Å². The van der Waals surface area contributed by atoms with Gasteiger partial charge in [-0.25, -0.2) is 4.39 Å². The zero-order chi connectivity index (χ0) is 19.9. The van der Waals surface area contributed by atoms with Crippen LogP contribution in [0.2, 0.25) is 0 Å². The van der Waals surface area contributed by atoms with Gasteiger partial charge in [-0.2, -0.15) is 4.98 Å². The first-order valence-electron chi connectivity index (χ1n) is 9.67. The number of H-pyrrole nitrogens is 1. The van der Waals surface area contributed by atoms with E-state index < -0.39 is 0 Å². The standard InChI is InChI=1S/C20H27FN6O/c1-4-22-20(24-10-8-18-26-19(13(2)3)27-28-18)23-9-7-14-12-25-17-6-5-15(21)11-16(14)17/h5-6,11-13,25H,4,7-10H2,1-3H3,(H2,22,23,24). The van der Waals surface area contributed by atoms with E-state index >= 15 is 0 Å². The van der Waals surface area contributed by atoms with Crippen molar-refractivity contribution in [2.24, 2.45) is 4.99 Å². The number of aliphatic imine (C=N–C) groups is 1. The molecule has 0 atom stereocenters. The van der Waals surface area contributed by atoms with Crippen LogP contribution in [0, 0.1) is 5.82 Å². The molecule has 3 rings (SSSR count). The maximum absolute atomic E-state index is 13.5. The van der Waals surface area contributed by atoms with Crippen molar-refractivity contribution in [3.05, 3.63) is 47.5 Å². The molecule has 28 heavy (non-hydrogen) atoms. The van der Waals surface area contributed by atoms with E-state index in [1.165, 1.54) is 6.07 Å². The molecule has 3 N–H and O–H groups in total. The van der Waals surface area contributed by atoms with E-state index in [-0.39, 0.29) is 11.7 Å². The van der Waals surface area contributed by atoms with Crippen molar-refractivity contribution in [3.63, 3.8) is 0 Å². The van der Waals surface area contributed by atoms with E-state index in [1.807, 2.05) is 27.0 Å². The molecule has 8 heteroatoms. The van der Waals surface area contributed by atoms with Gasteiger partial charge in [-0.15, -0.1) is 0 Å². The molecule has 0 bridgehead atoms. The van der Waals surface area contributed by atoms with Crippen LogP contribution in [0.4, 0.5) is 4.39 Å². The highest BCUT2D eigenvalue weighted by Crippen LogP contribution is 2.19. The van der Waals surface area contributed by atoms with Crippen molar-refractivity contribution in [2.45, 2.75) is 39.5 Å². The Labute approximate surface area is 163 Å². The number of halogens is 1. The van der Waals surface area contributed by atoms with Gasteiger partial charge in [0.15, 0.2) is 11.8 Å². The molecule has 150 valence electrons. The molecule has 1 aromatic carbocycles. The smallest absolute Gasteiger partial charge is 0.228 e. The Morgan fingerprint density at radius 2 is 2.14 bits per heavy atom. The second-order valence-corrected chi connectivity index (χ2v) is 6.89. The van der Waals surface area contributed by atoms with Crippen LogP contribution in [0.1, 0.15) is 44.0 Å². The van der Waals surface area contributed by atoms with Crippen LogP contribution in [-0.2, 0) is 12.8 Å². The van der Waals surface area contributed by atoms with Crippen LogP contribution in [-0.4, -0.2) is 40.7 Å². The molecule has 0 fully saturated rings. The topological polar surface area (TPSA) is 91.1 Å². The molecule has 0 radical (unpaired) electrons. The lowest BCUT2D eigenvalue weighted by Crippen LogP contribution is -2.38. The fourth-order valence-corrected chi connectivity index (χ4v) is 2.88. The lowest BCUT2D eigenvalue weighted by atomic mass is 10.1. The second-order valence-electron chi connectivity index (χ2n) is 6.89. The molecule has 0 aliphatic heterocycles. The summed E-state index contributed by atoms with van der Waals surface area (Å²) in [6, 6.07) is 4.79. The Morgan fingerprint density at radius 3 is 2.89 bits per heavy atom. The highest BCUT2D eigenvalue weighted by atomic mass is 19.1. The van der Waals surface area contributed by atoms with Crippen molar-refractivity contribution in [2.75, 3.05) is 19.6 Å². The van der Waals surface area contributed by atoms with Gasteiger partial charge in [0.2, 0.25) is 5.89 Å². The summed E-state index contributed by atoms with van der Waals surface area (Å²) in [6.45, 7) is 8.08. The number of fused-ring (bicyclic) bond motifs is 1. The van der Waals surface area contributed by atoms with Crippen molar-refractivity contribution in [1.29, 1.82) is 0 Å². The van der Waals surface area contributed by atoms with Crippen LogP contribution in [0.15, 0.2) is 33.9 Å². The molecule has 2 aromatic heterocycles. The monoisotopic (exact) mass is 386 g/mol. The molecule has 0 aliphatic rings.